The smallest absolute Gasteiger partial charge is 0.0435 e. The van der Waals surface area contributed by atoms with Gasteiger partial charge in [-0.25, -0.2) is 0 Å². The Balaban J connectivity index is 2.53. The van der Waals surface area contributed by atoms with Crippen molar-refractivity contribution in [3.05, 3.63) is 34.3 Å². The summed E-state index contributed by atoms with van der Waals surface area (Å²) in [6.45, 7) is 4.78. The lowest BCUT2D eigenvalue weighted by Crippen LogP contribution is -2.21. The molecule has 84 valence electrons. The molecule has 0 bridgehead atoms. The SMILES string of the molecule is Cc1cc(CN(C)CCCN)ccc1Cl. The van der Waals surface area contributed by atoms with Crippen LogP contribution in [0.25, 0.3) is 0 Å². The molecule has 0 heterocycles. The fourth-order valence-corrected chi connectivity index (χ4v) is 1.67. The summed E-state index contributed by atoms with van der Waals surface area (Å²) in [4.78, 5) is 2.27. The summed E-state index contributed by atoms with van der Waals surface area (Å²) in [6, 6.07) is 6.18. The molecule has 1 aromatic rings. The molecule has 0 spiro atoms. The molecule has 3 heteroatoms. The first-order valence-electron chi connectivity index (χ1n) is 5.27. The van der Waals surface area contributed by atoms with Crippen molar-refractivity contribution in [2.24, 2.45) is 5.73 Å². The van der Waals surface area contributed by atoms with Gasteiger partial charge in [0.05, 0.1) is 0 Å². The van der Waals surface area contributed by atoms with E-state index < -0.39 is 0 Å². The van der Waals surface area contributed by atoms with E-state index in [2.05, 4.69) is 24.1 Å². The number of halogens is 1. The molecule has 0 aliphatic carbocycles. The van der Waals surface area contributed by atoms with Crippen LogP contribution in [0, 0.1) is 6.92 Å². The largest absolute Gasteiger partial charge is 0.330 e. The van der Waals surface area contributed by atoms with E-state index in [-0.39, 0.29) is 0 Å². The molecule has 0 radical (unpaired) electrons. The number of rotatable bonds is 5. The Bertz CT molecular complexity index is 312. The number of hydrogen-bond acceptors (Lipinski definition) is 2. The molecule has 1 aromatic carbocycles. The Labute approximate surface area is 97.0 Å². The van der Waals surface area contributed by atoms with E-state index in [1.54, 1.807) is 0 Å². The van der Waals surface area contributed by atoms with Crippen LogP contribution in [0.5, 0.6) is 0 Å². The first-order valence-corrected chi connectivity index (χ1v) is 5.65. The highest BCUT2D eigenvalue weighted by atomic mass is 35.5. The maximum Gasteiger partial charge on any atom is 0.0435 e. The van der Waals surface area contributed by atoms with Crippen molar-refractivity contribution in [1.82, 2.24) is 4.90 Å². The second-order valence-electron chi connectivity index (χ2n) is 3.96. The lowest BCUT2D eigenvalue weighted by Gasteiger charge is -2.16. The van der Waals surface area contributed by atoms with Gasteiger partial charge in [-0.1, -0.05) is 23.7 Å². The van der Waals surface area contributed by atoms with Crippen LogP contribution in [0.4, 0.5) is 0 Å². The second-order valence-corrected chi connectivity index (χ2v) is 4.37. The van der Waals surface area contributed by atoms with Gasteiger partial charge < -0.3 is 10.6 Å². The summed E-state index contributed by atoms with van der Waals surface area (Å²) in [7, 11) is 2.11. The van der Waals surface area contributed by atoms with E-state index in [0.717, 1.165) is 36.6 Å². The Morgan fingerprint density at radius 1 is 1.40 bits per heavy atom. The molecular formula is C12H19ClN2. The second kappa shape index (κ2) is 6.11. The monoisotopic (exact) mass is 226 g/mol. The average molecular weight is 227 g/mol. The van der Waals surface area contributed by atoms with Crippen LogP contribution in [0.15, 0.2) is 18.2 Å². The van der Waals surface area contributed by atoms with E-state index in [1.807, 2.05) is 13.0 Å². The molecule has 0 atom stereocenters. The van der Waals surface area contributed by atoms with Crippen LogP contribution in [-0.2, 0) is 6.54 Å². The highest BCUT2D eigenvalue weighted by Gasteiger charge is 2.01. The van der Waals surface area contributed by atoms with Gasteiger partial charge in [-0.15, -0.1) is 0 Å². The first-order chi connectivity index (χ1) is 7.13. The van der Waals surface area contributed by atoms with Gasteiger partial charge in [0, 0.05) is 11.6 Å². The van der Waals surface area contributed by atoms with Crippen molar-refractivity contribution < 1.29 is 0 Å². The van der Waals surface area contributed by atoms with Crippen LogP contribution < -0.4 is 5.73 Å². The minimum atomic E-state index is 0.754. The van der Waals surface area contributed by atoms with E-state index >= 15 is 0 Å². The van der Waals surface area contributed by atoms with Gasteiger partial charge in [0.25, 0.3) is 0 Å². The summed E-state index contributed by atoms with van der Waals surface area (Å²) in [5.41, 5.74) is 7.91. The van der Waals surface area contributed by atoms with E-state index in [9.17, 15) is 0 Å². The van der Waals surface area contributed by atoms with Gasteiger partial charge in [0.2, 0.25) is 0 Å². The average Bonchev–Trinajstić information content (AvgIpc) is 2.20. The fourth-order valence-electron chi connectivity index (χ4n) is 1.56. The summed E-state index contributed by atoms with van der Waals surface area (Å²) in [5.74, 6) is 0. The van der Waals surface area contributed by atoms with Crippen molar-refractivity contribution in [3.8, 4) is 0 Å². The zero-order chi connectivity index (χ0) is 11.3. The van der Waals surface area contributed by atoms with Crippen molar-refractivity contribution in [1.29, 1.82) is 0 Å². The predicted octanol–water partition coefficient (Wildman–Crippen LogP) is 2.43. The quantitative estimate of drug-likeness (QED) is 0.836. The summed E-state index contributed by atoms with van der Waals surface area (Å²) < 4.78 is 0. The van der Waals surface area contributed by atoms with Crippen molar-refractivity contribution in [2.45, 2.75) is 19.9 Å². The van der Waals surface area contributed by atoms with Gasteiger partial charge in [0.1, 0.15) is 0 Å². The molecule has 2 nitrogen and oxygen atoms in total. The number of hydrogen-bond donors (Lipinski definition) is 1. The standard InChI is InChI=1S/C12H19ClN2/c1-10-8-11(4-5-12(10)13)9-15(2)7-3-6-14/h4-5,8H,3,6-7,9,14H2,1-2H3. The Hall–Kier alpha value is -0.570. The Kier molecular flexibility index (Phi) is 5.09. The molecule has 0 aliphatic rings. The van der Waals surface area contributed by atoms with Crippen LogP contribution in [0.2, 0.25) is 5.02 Å². The zero-order valence-electron chi connectivity index (χ0n) is 9.46. The van der Waals surface area contributed by atoms with E-state index in [4.69, 9.17) is 17.3 Å². The summed E-state index contributed by atoms with van der Waals surface area (Å²) in [6.07, 6.45) is 1.04. The fraction of sp³-hybridized carbons (Fsp3) is 0.500. The maximum absolute atomic E-state index is 5.97. The molecule has 1 rings (SSSR count). The topological polar surface area (TPSA) is 29.3 Å². The van der Waals surface area contributed by atoms with Gasteiger partial charge in [0.15, 0.2) is 0 Å². The summed E-state index contributed by atoms with van der Waals surface area (Å²) in [5, 5.41) is 0.836. The molecule has 2 N–H and O–H groups in total. The highest BCUT2D eigenvalue weighted by Crippen LogP contribution is 2.17. The van der Waals surface area contributed by atoms with Crippen molar-refractivity contribution in [2.75, 3.05) is 20.1 Å². The van der Waals surface area contributed by atoms with Crippen LogP contribution in [0.1, 0.15) is 17.5 Å². The lowest BCUT2D eigenvalue weighted by atomic mass is 10.1. The third-order valence-corrected chi connectivity index (χ3v) is 2.84. The number of nitrogens with zero attached hydrogens (tertiary/aromatic N) is 1. The van der Waals surface area contributed by atoms with E-state index in [0.29, 0.717) is 0 Å². The molecule has 15 heavy (non-hydrogen) atoms. The minimum Gasteiger partial charge on any atom is -0.330 e. The minimum absolute atomic E-state index is 0.754. The predicted molar refractivity (Wildman–Crippen MR) is 66.2 cm³/mol. The molecule has 0 aromatic heterocycles. The van der Waals surface area contributed by atoms with E-state index in [1.165, 1.54) is 5.56 Å². The maximum atomic E-state index is 5.97. The van der Waals surface area contributed by atoms with Crippen molar-refractivity contribution in [3.63, 3.8) is 0 Å². The molecule has 0 aliphatic heterocycles. The molecule has 0 saturated carbocycles. The normalized spacial score (nSPS) is 11.0. The molecular weight excluding hydrogens is 208 g/mol. The zero-order valence-corrected chi connectivity index (χ0v) is 10.2. The van der Waals surface area contributed by atoms with Gasteiger partial charge in [-0.05, 0) is 50.7 Å². The molecule has 0 unspecified atom stereocenters. The third-order valence-electron chi connectivity index (χ3n) is 2.42. The first kappa shape index (κ1) is 12.5. The molecule has 0 saturated heterocycles. The van der Waals surface area contributed by atoms with Crippen molar-refractivity contribution >= 4 is 11.6 Å². The highest BCUT2D eigenvalue weighted by molar-refractivity contribution is 6.31. The van der Waals surface area contributed by atoms with Gasteiger partial charge >= 0.3 is 0 Å². The Morgan fingerprint density at radius 3 is 2.73 bits per heavy atom. The Morgan fingerprint density at radius 2 is 2.13 bits per heavy atom. The van der Waals surface area contributed by atoms with Crippen LogP contribution in [0.3, 0.4) is 0 Å². The summed E-state index contributed by atoms with van der Waals surface area (Å²) >= 11 is 5.97. The lowest BCUT2D eigenvalue weighted by molar-refractivity contribution is 0.324. The number of benzene rings is 1. The number of aryl methyl sites for hydroxylation is 1. The van der Waals surface area contributed by atoms with Crippen LogP contribution >= 0.6 is 11.6 Å². The third kappa shape index (κ3) is 4.20. The number of nitrogens with two attached hydrogens (primary N) is 1. The molecule has 0 fully saturated rings. The molecule has 0 amide bonds. The van der Waals surface area contributed by atoms with Crippen LogP contribution in [-0.4, -0.2) is 25.0 Å². The van der Waals surface area contributed by atoms with Gasteiger partial charge in [-0.2, -0.15) is 0 Å². The van der Waals surface area contributed by atoms with Gasteiger partial charge in [-0.3, -0.25) is 0 Å².